The number of hydrogen-bond acceptors (Lipinski definition) is 5. The first kappa shape index (κ1) is 16.3. The van der Waals surface area contributed by atoms with Crippen LogP contribution in [0.15, 0.2) is 47.4 Å². The minimum absolute atomic E-state index is 0.0397. The van der Waals surface area contributed by atoms with Crippen LogP contribution in [0, 0.1) is 12.7 Å². The lowest BCUT2D eigenvalue weighted by Gasteiger charge is -2.11. The minimum Gasteiger partial charge on any atom is -0.277 e. The Morgan fingerprint density at radius 3 is 2.62 bits per heavy atom. The topological polar surface area (TPSA) is 89.8 Å². The Hall–Kier alpha value is -2.52. The fraction of sp³-hybridized carbons (Fsp3) is 0.0714. The number of aryl methyl sites for hydroxylation is 1. The van der Waals surface area contributed by atoms with E-state index in [0.29, 0.717) is 11.5 Å². The van der Waals surface area contributed by atoms with Crippen molar-refractivity contribution in [1.82, 2.24) is 20.2 Å². The van der Waals surface area contributed by atoms with E-state index in [9.17, 15) is 12.8 Å². The molecule has 1 N–H and O–H groups in total. The van der Waals surface area contributed by atoms with Crippen molar-refractivity contribution in [3.05, 3.63) is 59.1 Å². The predicted octanol–water partition coefficient (Wildman–Crippen LogP) is 2.56. The average molecular weight is 368 g/mol. The molecule has 0 aliphatic carbocycles. The number of benzene rings is 2. The summed E-state index contributed by atoms with van der Waals surface area (Å²) in [6, 6.07) is 9.76. The highest BCUT2D eigenvalue weighted by Gasteiger charge is 2.20. The van der Waals surface area contributed by atoms with Crippen molar-refractivity contribution in [2.75, 3.05) is 4.72 Å². The van der Waals surface area contributed by atoms with Crippen LogP contribution in [0.25, 0.3) is 5.69 Å². The highest BCUT2D eigenvalue weighted by Crippen LogP contribution is 2.26. The van der Waals surface area contributed by atoms with E-state index in [-0.39, 0.29) is 15.6 Å². The molecule has 10 heteroatoms. The lowest BCUT2D eigenvalue weighted by Crippen LogP contribution is -2.15. The van der Waals surface area contributed by atoms with E-state index in [0.717, 1.165) is 6.07 Å². The van der Waals surface area contributed by atoms with Crippen molar-refractivity contribution >= 4 is 27.3 Å². The zero-order valence-corrected chi connectivity index (χ0v) is 13.9. The van der Waals surface area contributed by atoms with Gasteiger partial charge in [-0.15, -0.1) is 5.10 Å². The lowest BCUT2D eigenvalue weighted by atomic mass is 10.2. The number of nitrogens with one attached hydrogen (secondary N) is 1. The molecule has 3 aromatic rings. The first-order valence-electron chi connectivity index (χ1n) is 6.71. The van der Waals surface area contributed by atoms with Crippen LogP contribution >= 0.6 is 11.6 Å². The molecule has 2 aromatic carbocycles. The van der Waals surface area contributed by atoms with Crippen molar-refractivity contribution in [1.29, 1.82) is 0 Å². The molecule has 0 saturated heterocycles. The number of hydrogen-bond donors (Lipinski definition) is 1. The third-order valence-electron chi connectivity index (χ3n) is 3.19. The molecule has 0 fully saturated rings. The number of aromatic nitrogens is 4. The van der Waals surface area contributed by atoms with Gasteiger partial charge in [-0.2, -0.15) is 4.68 Å². The summed E-state index contributed by atoms with van der Waals surface area (Å²) < 4.78 is 42.4. The van der Waals surface area contributed by atoms with E-state index < -0.39 is 15.8 Å². The van der Waals surface area contributed by atoms with Gasteiger partial charge in [0.2, 0.25) is 0 Å². The van der Waals surface area contributed by atoms with E-state index in [1.165, 1.54) is 35.0 Å². The molecule has 3 rings (SSSR count). The molecule has 0 unspecified atom stereocenters. The molecule has 0 saturated carbocycles. The Bertz CT molecular complexity index is 1010. The molecule has 124 valence electrons. The highest BCUT2D eigenvalue weighted by atomic mass is 35.5. The summed E-state index contributed by atoms with van der Waals surface area (Å²) in [4.78, 5) is -0.143. The number of anilines is 1. The fourth-order valence-electron chi connectivity index (χ4n) is 2.06. The molecule has 0 radical (unpaired) electrons. The maximum Gasteiger partial charge on any atom is 0.263 e. The fourth-order valence-corrected chi connectivity index (χ4v) is 3.63. The van der Waals surface area contributed by atoms with Crippen LogP contribution in [0.5, 0.6) is 0 Å². The molecule has 1 heterocycles. The van der Waals surface area contributed by atoms with Gasteiger partial charge >= 0.3 is 0 Å². The Labute approximate surface area is 142 Å². The molecule has 1 aromatic heterocycles. The van der Waals surface area contributed by atoms with Crippen molar-refractivity contribution < 1.29 is 12.8 Å². The lowest BCUT2D eigenvalue weighted by molar-refractivity contribution is 0.598. The average Bonchev–Trinajstić information content (AvgIpc) is 2.96. The van der Waals surface area contributed by atoms with E-state index >= 15 is 0 Å². The number of rotatable bonds is 4. The molecule has 0 bridgehead atoms. The zero-order chi connectivity index (χ0) is 17.3. The largest absolute Gasteiger partial charge is 0.277 e. The van der Waals surface area contributed by atoms with Crippen LogP contribution in [-0.4, -0.2) is 28.6 Å². The molecule has 0 atom stereocenters. The van der Waals surface area contributed by atoms with Gasteiger partial charge in [0.15, 0.2) is 5.82 Å². The van der Waals surface area contributed by atoms with Gasteiger partial charge in [-0.05, 0) is 47.7 Å². The number of nitrogens with zero attached hydrogens (tertiary/aromatic N) is 4. The monoisotopic (exact) mass is 367 g/mol. The van der Waals surface area contributed by atoms with Gasteiger partial charge < -0.3 is 0 Å². The van der Waals surface area contributed by atoms with E-state index in [1.807, 2.05) is 0 Å². The maximum atomic E-state index is 14.0. The summed E-state index contributed by atoms with van der Waals surface area (Å²) in [6.45, 7) is 1.66. The number of tetrazole rings is 1. The summed E-state index contributed by atoms with van der Waals surface area (Å²) >= 11 is 5.90. The number of halogens is 2. The van der Waals surface area contributed by atoms with Crippen LogP contribution in [-0.2, 0) is 10.0 Å². The Morgan fingerprint density at radius 1 is 1.21 bits per heavy atom. The molecular formula is C14H11ClFN5O2S. The summed E-state index contributed by atoms with van der Waals surface area (Å²) in [6.07, 6.45) is 0. The Morgan fingerprint density at radius 2 is 1.96 bits per heavy atom. The van der Waals surface area contributed by atoms with Gasteiger partial charge in [-0.1, -0.05) is 23.7 Å². The summed E-state index contributed by atoms with van der Waals surface area (Å²) in [5.41, 5.74) is 0.179. The van der Waals surface area contributed by atoms with Gasteiger partial charge in [-0.25, -0.2) is 12.8 Å². The molecule has 0 spiro atoms. The Balaban J connectivity index is 2.01. The minimum atomic E-state index is -4.05. The standard InChI is InChI=1S/C14H11ClFN5O2S/c1-9-17-19-20-21(9)10-6-7-12(16)13(8-10)18-24(22,23)14-5-3-2-4-11(14)15/h2-8,18H,1H3. The quantitative estimate of drug-likeness (QED) is 0.765. The van der Waals surface area contributed by atoms with Crippen molar-refractivity contribution in [3.63, 3.8) is 0 Å². The first-order chi connectivity index (χ1) is 11.4. The zero-order valence-electron chi connectivity index (χ0n) is 12.3. The van der Waals surface area contributed by atoms with Gasteiger partial charge in [0.05, 0.1) is 16.4 Å². The van der Waals surface area contributed by atoms with E-state index in [1.54, 1.807) is 13.0 Å². The van der Waals surface area contributed by atoms with Crippen LogP contribution in [0.3, 0.4) is 0 Å². The van der Waals surface area contributed by atoms with Crippen LogP contribution < -0.4 is 4.72 Å². The Kier molecular flexibility index (Phi) is 4.20. The highest BCUT2D eigenvalue weighted by molar-refractivity contribution is 7.92. The predicted molar refractivity (Wildman–Crippen MR) is 86.1 cm³/mol. The molecule has 7 nitrogen and oxygen atoms in total. The number of sulfonamides is 1. The van der Waals surface area contributed by atoms with E-state index in [2.05, 4.69) is 20.2 Å². The van der Waals surface area contributed by atoms with E-state index in [4.69, 9.17) is 11.6 Å². The second kappa shape index (κ2) is 6.17. The van der Waals surface area contributed by atoms with Crippen LogP contribution in [0.1, 0.15) is 5.82 Å². The van der Waals surface area contributed by atoms with Gasteiger partial charge in [0, 0.05) is 0 Å². The van der Waals surface area contributed by atoms with Crippen LogP contribution in [0.4, 0.5) is 10.1 Å². The summed E-state index contributed by atoms with van der Waals surface area (Å²) in [7, 11) is -4.05. The maximum absolute atomic E-state index is 14.0. The smallest absolute Gasteiger partial charge is 0.263 e. The molecule has 24 heavy (non-hydrogen) atoms. The van der Waals surface area contributed by atoms with Gasteiger partial charge in [0.25, 0.3) is 10.0 Å². The van der Waals surface area contributed by atoms with Gasteiger partial charge in [-0.3, -0.25) is 4.72 Å². The second-order valence-electron chi connectivity index (χ2n) is 4.84. The first-order valence-corrected chi connectivity index (χ1v) is 8.57. The molecule has 0 amide bonds. The molecular weight excluding hydrogens is 357 g/mol. The SMILES string of the molecule is Cc1nnnn1-c1ccc(F)c(NS(=O)(=O)c2ccccc2Cl)c1. The van der Waals surface area contributed by atoms with Crippen molar-refractivity contribution in [3.8, 4) is 5.69 Å². The van der Waals surface area contributed by atoms with Crippen molar-refractivity contribution in [2.45, 2.75) is 11.8 Å². The summed E-state index contributed by atoms with van der Waals surface area (Å²) in [5.74, 6) is -0.262. The third-order valence-corrected chi connectivity index (χ3v) is 5.06. The second-order valence-corrected chi connectivity index (χ2v) is 6.90. The third kappa shape index (κ3) is 3.08. The molecule has 0 aliphatic heterocycles. The normalized spacial score (nSPS) is 11.5. The van der Waals surface area contributed by atoms with Crippen molar-refractivity contribution in [2.24, 2.45) is 0 Å². The van der Waals surface area contributed by atoms with Gasteiger partial charge in [0.1, 0.15) is 10.7 Å². The molecule has 0 aliphatic rings. The van der Waals surface area contributed by atoms with Crippen LogP contribution in [0.2, 0.25) is 5.02 Å². The summed E-state index contributed by atoms with van der Waals surface area (Å²) in [5, 5.41) is 11.0.